The Balaban J connectivity index is 0.784. The molecule has 0 aromatic carbocycles. The number of H-pyrrole nitrogens is 2. The molecule has 8 aromatic heterocycles. The Morgan fingerprint density at radius 1 is 0.412 bits per heavy atom. The zero-order chi connectivity index (χ0) is 85.9. The SMILES string of the molecule is CC(C)N1CC(COP(=O)(N(C)C)N2CC(COP(=O)(N(C)C)N3CC(COP(=O)(N(C)C)N4CC(COP(=O)(N(C)C)N5CC(COP(=O)(C(C)C)N(C)C)OC(n6cnc7c(=O)[nH]c(N)nc76)C5)OC(n5ccc(N)nc5=O)C4)OC(n4cnc5c(N)ncnc54)C3)OC(n3cnc4c(=O)[nH]c(N)nc43)C2)OC(n2ccc(N)nc2=O)C1. The summed E-state index contributed by atoms with van der Waals surface area (Å²) in [7, 11) is -5.16. The van der Waals surface area contributed by atoms with Crippen molar-refractivity contribution in [3.05, 3.63) is 91.5 Å². The zero-order valence-corrected chi connectivity index (χ0v) is 72.7. The van der Waals surface area contributed by atoms with Crippen LogP contribution in [-0.2, 0) is 69.1 Å². The van der Waals surface area contributed by atoms with Crippen LogP contribution in [0.15, 0.2) is 69.0 Å². The van der Waals surface area contributed by atoms with Gasteiger partial charge in [0, 0.05) is 63.4 Å². The van der Waals surface area contributed by atoms with E-state index in [1.807, 2.05) is 13.8 Å². The summed E-state index contributed by atoms with van der Waals surface area (Å²) in [5.41, 5.74) is 27.6. The van der Waals surface area contributed by atoms with Crippen molar-refractivity contribution in [3.8, 4) is 0 Å². The minimum atomic E-state index is -4.43. The first-order valence-electron chi connectivity index (χ1n) is 37.9. The number of aromatic nitrogens is 16. The largest absolute Gasteiger partial charge is 0.383 e. The molecule has 654 valence electrons. The van der Waals surface area contributed by atoms with Crippen molar-refractivity contribution in [2.75, 3.05) is 198 Å². The molecule has 13 heterocycles. The van der Waals surface area contributed by atoms with Gasteiger partial charge < -0.3 is 75.0 Å². The third-order valence-corrected chi connectivity index (χ3v) is 33.9. The van der Waals surface area contributed by atoms with Gasteiger partial charge in [0.1, 0.15) is 42.2 Å². The maximum absolute atomic E-state index is 16.5. The first-order valence-corrected chi connectivity index (χ1v) is 45.7. The van der Waals surface area contributed by atoms with Crippen molar-refractivity contribution in [1.82, 2.24) is 125 Å². The first kappa shape index (κ1) is 89.1. The number of aromatic amines is 2. The molecule has 50 nitrogen and oxygen atoms in total. The number of nitrogens with two attached hydrogens (primary N) is 5. The zero-order valence-electron chi connectivity index (χ0n) is 68.3. The summed E-state index contributed by atoms with van der Waals surface area (Å²) in [6, 6.07) is 2.85. The molecule has 15 atom stereocenters. The highest BCUT2D eigenvalue weighted by molar-refractivity contribution is 7.57. The van der Waals surface area contributed by atoms with Crippen LogP contribution < -0.4 is 51.2 Å². The Labute approximate surface area is 682 Å². The highest BCUT2D eigenvalue weighted by Gasteiger charge is 2.51. The molecule has 5 saturated heterocycles. The molecule has 119 heavy (non-hydrogen) atoms. The van der Waals surface area contributed by atoms with E-state index >= 15 is 18.3 Å². The molecule has 12 N–H and O–H groups in total. The van der Waals surface area contributed by atoms with Crippen molar-refractivity contribution in [2.24, 2.45) is 0 Å². The maximum atomic E-state index is 16.5. The molecule has 15 unspecified atom stereocenters. The van der Waals surface area contributed by atoms with Crippen molar-refractivity contribution >= 4 is 101 Å². The molecular formula is C64H104N31O19P5. The van der Waals surface area contributed by atoms with E-state index in [9.17, 15) is 23.7 Å². The number of nitrogens with zero attached hydrogens (tertiary/aromatic N) is 24. The summed E-state index contributed by atoms with van der Waals surface area (Å²) in [4.78, 5) is 98.8. The summed E-state index contributed by atoms with van der Waals surface area (Å²) in [5.74, 6) is -0.433. The van der Waals surface area contributed by atoms with E-state index in [-0.39, 0.29) is 134 Å². The van der Waals surface area contributed by atoms with Crippen LogP contribution in [0.4, 0.5) is 29.4 Å². The minimum Gasteiger partial charge on any atom is -0.383 e. The summed E-state index contributed by atoms with van der Waals surface area (Å²) in [6.45, 7) is 4.50. The van der Waals surface area contributed by atoms with Crippen LogP contribution >= 0.6 is 38.2 Å². The monoisotopic (exact) mass is 1770 g/mol. The second kappa shape index (κ2) is 35.7. The van der Waals surface area contributed by atoms with Crippen molar-refractivity contribution in [2.45, 2.75) is 101 Å². The third-order valence-electron chi connectivity index (χ3n) is 20.8. The average molecular weight is 1770 g/mol. The molecule has 0 spiro atoms. The van der Waals surface area contributed by atoms with E-state index in [0.717, 1.165) is 4.57 Å². The molecule has 0 bridgehead atoms. The fourth-order valence-corrected chi connectivity index (χ4v) is 24.4. The van der Waals surface area contributed by atoms with Crippen LogP contribution in [-0.4, -0.2) is 336 Å². The molecule has 0 amide bonds. The normalized spacial score (nSPS) is 25.9. The molecule has 55 heteroatoms. The van der Waals surface area contributed by atoms with Crippen molar-refractivity contribution in [3.63, 3.8) is 0 Å². The number of fused-ring (bicyclic) bond motifs is 3. The summed E-state index contributed by atoms with van der Waals surface area (Å²) >= 11 is 0. The van der Waals surface area contributed by atoms with Crippen molar-refractivity contribution < 1.29 is 69.1 Å². The molecule has 0 saturated carbocycles. The summed E-state index contributed by atoms with van der Waals surface area (Å²) in [5, 5.41) is 0. The summed E-state index contributed by atoms with van der Waals surface area (Å²) < 4.78 is 166. The average Bonchev–Trinajstić information content (AvgIpc) is 1.53. The van der Waals surface area contributed by atoms with Gasteiger partial charge >= 0.3 is 42.1 Å². The Morgan fingerprint density at radius 2 is 0.739 bits per heavy atom. The standard InChI is InChI=1S/C64H104N31O19P5/c1-38(2)86-19-40(110-47(24-86)91-17-15-45(65)75-63(91)98)30-106-117(102,83(9)10)90-23-44(114-51(28-90)95-37-74-54-58(95)78-62(69)80-60(54)97)33-109-119(104,85(13)14)89-22-43(113-49(26-89)93-35-72-52-55(67)70-34-71-56(52)93)32-108-116(101,82(7)8)87-21-42(111-48(25-87)92-18-16-46(66)76-64(92)99)31-107-118(103,84(11)12)88-20-41(29-105-115(100,39(3)4)81(5)6)112-50(27-88)94-36-73-53-57(94)77-61(68)79-59(53)96/h15-18,34-44,47-51H,19-33H2,1-14H3,(H2,65,75,98)(H2,66,76,99)(H2,67,70,71)(H3,68,77,79,96)(H3,69,78,80,97). The predicted molar refractivity (Wildman–Crippen MR) is 435 cm³/mol. The van der Waals surface area contributed by atoms with Gasteiger partial charge in [-0.2, -0.15) is 19.9 Å². The highest BCUT2D eigenvalue weighted by Crippen LogP contribution is 2.61. The van der Waals surface area contributed by atoms with Crippen LogP contribution in [0.2, 0.25) is 0 Å². The predicted octanol–water partition coefficient (Wildman–Crippen LogP) is 0.848. The van der Waals surface area contributed by atoms with Crippen molar-refractivity contribution in [1.29, 1.82) is 0 Å². The first-order chi connectivity index (χ1) is 56.2. The minimum absolute atomic E-state index is 0.0171. The van der Waals surface area contributed by atoms with Gasteiger partial charge in [-0.05, 0) is 96.5 Å². The number of nitrogen functional groups attached to an aromatic ring is 5. The highest BCUT2D eigenvalue weighted by atomic mass is 31.2. The molecule has 13 rings (SSSR count). The molecule has 0 radical (unpaired) electrons. The molecular weight excluding hydrogens is 1660 g/mol. The van der Waals surface area contributed by atoms with E-state index in [4.69, 9.17) is 75.0 Å². The fraction of sp³-hybridized carbons (Fsp3) is 0.641. The smallest absolute Gasteiger partial charge is 0.351 e. The van der Waals surface area contributed by atoms with Gasteiger partial charge in [-0.3, -0.25) is 70.1 Å². The van der Waals surface area contributed by atoms with E-state index < -0.39 is 148 Å². The number of morpholine rings is 5. The van der Waals surface area contributed by atoms with E-state index in [1.165, 1.54) is 110 Å². The Morgan fingerprint density at radius 3 is 1.08 bits per heavy atom. The number of rotatable bonds is 31. The van der Waals surface area contributed by atoms with Crippen LogP contribution in [0, 0.1) is 0 Å². The van der Waals surface area contributed by atoms with Gasteiger partial charge in [0.2, 0.25) is 11.9 Å². The van der Waals surface area contributed by atoms with E-state index in [2.05, 4.69) is 59.7 Å². The Bertz CT molecular complexity index is 5480. The van der Waals surface area contributed by atoms with Crippen LogP contribution in [0.1, 0.15) is 58.8 Å². The summed E-state index contributed by atoms with van der Waals surface area (Å²) in [6.07, 6.45) is -2.47. The van der Waals surface area contributed by atoms with Crippen LogP contribution in [0.5, 0.6) is 0 Å². The Kier molecular flexibility index (Phi) is 26.7. The van der Waals surface area contributed by atoms with E-state index in [0.29, 0.717) is 13.1 Å². The molecule has 0 aliphatic carbocycles. The number of hydrogen-bond acceptors (Lipinski definition) is 34. The topological polar surface area (TPSA) is 581 Å². The van der Waals surface area contributed by atoms with Crippen LogP contribution in [0.25, 0.3) is 33.5 Å². The molecule has 5 aliphatic heterocycles. The number of nitrogens with one attached hydrogen (secondary N) is 2. The van der Waals surface area contributed by atoms with Gasteiger partial charge in [0.25, 0.3) is 18.6 Å². The van der Waals surface area contributed by atoms with Gasteiger partial charge in [0.05, 0.1) is 109 Å². The van der Waals surface area contributed by atoms with Gasteiger partial charge in [0.15, 0.2) is 46.2 Å². The lowest BCUT2D eigenvalue weighted by Crippen LogP contribution is -2.52. The fourth-order valence-electron chi connectivity index (χ4n) is 14.6. The van der Waals surface area contributed by atoms with E-state index in [1.54, 1.807) is 84.1 Å². The molecule has 5 aliphatic rings. The lowest BCUT2D eigenvalue weighted by Gasteiger charge is -2.46. The second-order valence-electron chi connectivity index (χ2n) is 30.7. The van der Waals surface area contributed by atoms with Crippen LogP contribution in [0.3, 0.4) is 0 Å². The number of hydrogen-bond donors (Lipinski definition) is 7. The Hall–Kier alpha value is -7.64. The third kappa shape index (κ3) is 18.4. The molecule has 5 fully saturated rings. The quantitative estimate of drug-likeness (QED) is 0.0296. The number of ether oxygens (including phenoxy) is 5. The second-order valence-corrected chi connectivity index (χ2v) is 44.3. The molecule has 8 aromatic rings. The van der Waals surface area contributed by atoms with Gasteiger partial charge in [-0.1, -0.05) is 13.8 Å². The maximum Gasteiger partial charge on any atom is 0.351 e. The lowest BCUT2D eigenvalue weighted by molar-refractivity contribution is -0.142. The number of imidazole rings is 3. The van der Waals surface area contributed by atoms with Gasteiger partial charge in [-0.25, -0.2) is 76.5 Å². The lowest BCUT2D eigenvalue weighted by atomic mass is 10.2. The number of anilines is 5. The van der Waals surface area contributed by atoms with Gasteiger partial charge in [-0.15, -0.1) is 0 Å².